The minimum absolute atomic E-state index is 0.0751. The minimum atomic E-state index is -0.476. The molecule has 1 aromatic carbocycles. The molecular weight excluding hydrogens is 246 g/mol. The molecule has 0 radical (unpaired) electrons. The Morgan fingerprint density at radius 2 is 2.11 bits per heavy atom. The Morgan fingerprint density at radius 1 is 1.37 bits per heavy atom. The van der Waals surface area contributed by atoms with Gasteiger partial charge in [0.1, 0.15) is 12.4 Å². The third-order valence-electron chi connectivity index (χ3n) is 3.19. The number of benzene rings is 1. The van der Waals surface area contributed by atoms with Gasteiger partial charge < -0.3 is 14.7 Å². The second-order valence-corrected chi connectivity index (χ2v) is 4.56. The van der Waals surface area contributed by atoms with Gasteiger partial charge in [-0.15, -0.1) is 0 Å². The largest absolute Gasteiger partial charge is 0.445 e. The van der Waals surface area contributed by atoms with E-state index in [1.165, 1.54) is 4.90 Å². The van der Waals surface area contributed by atoms with Crippen LogP contribution < -0.4 is 0 Å². The Kier molecular flexibility index (Phi) is 4.52. The summed E-state index contributed by atoms with van der Waals surface area (Å²) in [5.41, 5.74) is 0.907. The topological polar surface area (TPSA) is 66.8 Å². The van der Waals surface area contributed by atoms with E-state index in [-0.39, 0.29) is 25.4 Å². The highest BCUT2D eigenvalue weighted by Crippen LogP contribution is 2.15. The Bertz CT molecular complexity index is 446. The lowest BCUT2D eigenvalue weighted by atomic mass is 10.0. The molecule has 1 atom stereocenters. The zero-order valence-electron chi connectivity index (χ0n) is 10.6. The summed E-state index contributed by atoms with van der Waals surface area (Å²) in [4.78, 5) is 24.7. The molecule has 5 heteroatoms. The van der Waals surface area contributed by atoms with Crippen molar-refractivity contribution in [2.45, 2.75) is 25.5 Å². The highest BCUT2D eigenvalue weighted by Gasteiger charge is 2.30. The summed E-state index contributed by atoms with van der Waals surface area (Å²) in [5, 5.41) is 9.21. The molecule has 1 N–H and O–H groups in total. The number of amides is 1. The molecule has 0 aromatic heterocycles. The zero-order chi connectivity index (χ0) is 13.7. The third-order valence-corrected chi connectivity index (χ3v) is 3.19. The molecule has 1 fully saturated rings. The molecule has 2 rings (SSSR count). The van der Waals surface area contributed by atoms with Crippen LogP contribution in [0.3, 0.4) is 0 Å². The average Bonchev–Trinajstić information content (AvgIpc) is 2.45. The van der Waals surface area contributed by atoms with E-state index in [1.54, 1.807) is 0 Å². The van der Waals surface area contributed by atoms with E-state index in [0.29, 0.717) is 13.0 Å². The number of aliphatic hydroxyl groups is 1. The summed E-state index contributed by atoms with van der Waals surface area (Å²) in [7, 11) is 0. The van der Waals surface area contributed by atoms with Gasteiger partial charge in [0.2, 0.25) is 0 Å². The second-order valence-electron chi connectivity index (χ2n) is 4.56. The highest BCUT2D eigenvalue weighted by atomic mass is 16.6. The van der Waals surface area contributed by atoms with Crippen LogP contribution in [-0.4, -0.2) is 41.1 Å². The van der Waals surface area contributed by atoms with Crippen molar-refractivity contribution in [1.29, 1.82) is 0 Å². The molecule has 5 nitrogen and oxygen atoms in total. The maximum Gasteiger partial charge on any atom is 0.410 e. The van der Waals surface area contributed by atoms with E-state index in [9.17, 15) is 14.7 Å². The molecule has 1 amide bonds. The van der Waals surface area contributed by atoms with E-state index in [2.05, 4.69) is 0 Å². The number of ketones is 1. The maximum atomic E-state index is 11.9. The fourth-order valence-electron chi connectivity index (χ4n) is 2.11. The molecule has 0 aliphatic carbocycles. The van der Waals surface area contributed by atoms with E-state index in [4.69, 9.17) is 4.74 Å². The minimum Gasteiger partial charge on any atom is -0.445 e. The first-order valence-corrected chi connectivity index (χ1v) is 6.30. The first-order chi connectivity index (χ1) is 9.20. The normalized spacial score (nSPS) is 19.3. The molecule has 1 saturated heterocycles. The maximum absolute atomic E-state index is 11.9. The Hall–Kier alpha value is -1.88. The Morgan fingerprint density at radius 3 is 2.79 bits per heavy atom. The molecule has 102 valence electrons. The van der Waals surface area contributed by atoms with Crippen molar-refractivity contribution in [1.82, 2.24) is 4.90 Å². The van der Waals surface area contributed by atoms with Gasteiger partial charge in [0.25, 0.3) is 0 Å². The van der Waals surface area contributed by atoms with Gasteiger partial charge in [0, 0.05) is 19.4 Å². The lowest BCUT2D eigenvalue weighted by Gasteiger charge is -2.32. The van der Waals surface area contributed by atoms with Crippen LogP contribution in [0.25, 0.3) is 0 Å². The Balaban J connectivity index is 1.90. The molecule has 1 unspecified atom stereocenters. The molecule has 0 spiro atoms. The van der Waals surface area contributed by atoms with E-state index in [0.717, 1.165) is 5.56 Å². The van der Waals surface area contributed by atoms with Crippen LogP contribution in [0.5, 0.6) is 0 Å². The van der Waals surface area contributed by atoms with Crippen molar-refractivity contribution in [3.8, 4) is 0 Å². The number of carbonyl (C=O) groups is 2. The van der Waals surface area contributed by atoms with Crippen LogP contribution in [0.1, 0.15) is 18.4 Å². The van der Waals surface area contributed by atoms with Gasteiger partial charge >= 0.3 is 6.09 Å². The second kappa shape index (κ2) is 6.33. The number of carbonyl (C=O) groups excluding carboxylic acids is 2. The third kappa shape index (κ3) is 3.54. The van der Waals surface area contributed by atoms with Gasteiger partial charge in [-0.25, -0.2) is 4.79 Å². The van der Waals surface area contributed by atoms with Crippen LogP contribution in [0.4, 0.5) is 4.79 Å². The number of piperidine rings is 1. The molecule has 19 heavy (non-hydrogen) atoms. The van der Waals surface area contributed by atoms with Crippen molar-refractivity contribution >= 4 is 11.9 Å². The van der Waals surface area contributed by atoms with E-state index < -0.39 is 12.1 Å². The van der Waals surface area contributed by atoms with Crippen molar-refractivity contribution in [3.63, 3.8) is 0 Å². The number of aliphatic hydroxyl groups excluding tert-OH is 1. The summed E-state index contributed by atoms with van der Waals surface area (Å²) in [6.07, 6.45) is 0.0591. The van der Waals surface area contributed by atoms with Crippen LogP contribution in [0.2, 0.25) is 0 Å². The monoisotopic (exact) mass is 263 g/mol. The zero-order valence-corrected chi connectivity index (χ0v) is 10.6. The quantitative estimate of drug-likeness (QED) is 0.894. The summed E-state index contributed by atoms with van der Waals surface area (Å²) >= 11 is 0. The number of likely N-dealkylation sites (tertiary alicyclic amines) is 1. The summed E-state index contributed by atoms with van der Waals surface area (Å²) in [6.45, 7) is 0.298. The number of rotatable bonds is 3. The molecule has 1 heterocycles. The molecule has 0 saturated carbocycles. The van der Waals surface area contributed by atoms with Crippen LogP contribution in [0, 0.1) is 0 Å². The first kappa shape index (κ1) is 13.5. The molecule has 1 aliphatic rings. The number of hydrogen-bond acceptors (Lipinski definition) is 4. The number of nitrogens with zero attached hydrogens (tertiary/aromatic N) is 1. The predicted octanol–water partition coefficient (Wildman–Crippen LogP) is 1.35. The molecule has 0 bridgehead atoms. The average molecular weight is 263 g/mol. The van der Waals surface area contributed by atoms with Gasteiger partial charge in [0.15, 0.2) is 0 Å². The summed E-state index contributed by atoms with van der Waals surface area (Å²) < 4.78 is 5.20. The van der Waals surface area contributed by atoms with Crippen molar-refractivity contribution < 1.29 is 19.4 Å². The van der Waals surface area contributed by atoms with E-state index in [1.807, 2.05) is 30.3 Å². The van der Waals surface area contributed by atoms with Gasteiger partial charge in [-0.3, -0.25) is 4.79 Å². The van der Waals surface area contributed by atoms with E-state index >= 15 is 0 Å². The number of Topliss-reactive ketones (excluding diaryl/α,β-unsaturated/α-hetero) is 1. The summed E-state index contributed by atoms with van der Waals surface area (Å²) in [5.74, 6) is 0.0751. The smallest absolute Gasteiger partial charge is 0.410 e. The first-order valence-electron chi connectivity index (χ1n) is 6.30. The highest BCUT2D eigenvalue weighted by molar-refractivity contribution is 5.82. The van der Waals surface area contributed by atoms with Crippen molar-refractivity contribution in [2.24, 2.45) is 0 Å². The SMILES string of the molecule is O=C1CCN(C(=O)OCc2ccccc2)C(CO)C1. The van der Waals surface area contributed by atoms with Gasteiger partial charge in [-0.1, -0.05) is 30.3 Å². The molecular formula is C14H17NO4. The van der Waals surface area contributed by atoms with Gasteiger partial charge in [-0.05, 0) is 5.56 Å². The van der Waals surface area contributed by atoms with Crippen molar-refractivity contribution in [2.75, 3.05) is 13.2 Å². The molecule has 1 aliphatic heterocycles. The fraction of sp³-hybridized carbons (Fsp3) is 0.429. The number of hydrogen-bond donors (Lipinski definition) is 1. The van der Waals surface area contributed by atoms with Crippen LogP contribution >= 0.6 is 0 Å². The number of ether oxygens (including phenoxy) is 1. The van der Waals surface area contributed by atoms with Crippen LogP contribution in [-0.2, 0) is 16.1 Å². The van der Waals surface area contributed by atoms with Crippen LogP contribution in [0.15, 0.2) is 30.3 Å². The van der Waals surface area contributed by atoms with Gasteiger partial charge in [-0.2, -0.15) is 0 Å². The molecule has 1 aromatic rings. The summed E-state index contributed by atoms with van der Waals surface area (Å²) in [6, 6.07) is 8.93. The van der Waals surface area contributed by atoms with Crippen molar-refractivity contribution in [3.05, 3.63) is 35.9 Å². The van der Waals surface area contributed by atoms with Gasteiger partial charge in [0.05, 0.1) is 12.6 Å². The lowest BCUT2D eigenvalue weighted by Crippen LogP contribution is -2.48. The predicted molar refractivity (Wildman–Crippen MR) is 68.4 cm³/mol. The standard InChI is InChI=1S/C14H17NO4/c16-9-12-8-13(17)6-7-15(12)14(18)19-10-11-4-2-1-3-5-11/h1-5,12,16H,6-10H2. The lowest BCUT2D eigenvalue weighted by molar-refractivity contribution is -0.123. The Labute approximate surface area is 111 Å². The fourth-order valence-corrected chi connectivity index (χ4v) is 2.11.